The fourth-order valence-corrected chi connectivity index (χ4v) is 6.69. The van der Waals surface area contributed by atoms with E-state index >= 15 is 0 Å². The van der Waals surface area contributed by atoms with Crippen molar-refractivity contribution < 1.29 is 20.1 Å². The summed E-state index contributed by atoms with van der Waals surface area (Å²) in [5, 5.41) is 33.2. The maximum atomic E-state index is 12.4. The van der Waals surface area contributed by atoms with Gasteiger partial charge in [0.2, 0.25) is 5.91 Å². The second kappa shape index (κ2) is 42.1. The van der Waals surface area contributed by atoms with Crippen LogP contribution >= 0.6 is 0 Å². The molecule has 304 valence electrons. The van der Waals surface area contributed by atoms with Crippen LogP contribution in [0.4, 0.5) is 0 Å². The number of rotatable bonds is 40. The Hall–Kier alpha value is -1.69. The summed E-state index contributed by atoms with van der Waals surface area (Å²) in [5.41, 5.74) is 0. The van der Waals surface area contributed by atoms with Gasteiger partial charge >= 0.3 is 0 Å². The quantitative estimate of drug-likeness (QED) is 0.0373. The smallest absolute Gasteiger partial charge is 0.222 e. The highest BCUT2D eigenvalue weighted by molar-refractivity contribution is 5.76. The average molecular weight is 730 g/mol. The maximum absolute atomic E-state index is 12.4. The first-order valence-electron chi connectivity index (χ1n) is 22.4. The standard InChI is InChI=1S/C47H87NO4/c1-3-5-7-9-11-13-15-17-19-21-23-24-26-28-30-32-34-36-38-40-44(50)42-47(52)48-45(43-49)46(51)41-39-37-35-33-31-29-27-25-22-20-18-16-14-12-10-8-6-4-2/h5,7,11,13,31,33,39,41,44-46,49-51H,3-4,6,8-10,12,14-30,32,34-38,40,42-43H2,1-2H3,(H,48,52)/b7-5-,13-11-,33-31+,41-39+. The van der Waals surface area contributed by atoms with E-state index in [1.54, 1.807) is 6.08 Å². The average Bonchev–Trinajstić information content (AvgIpc) is 3.14. The highest BCUT2D eigenvalue weighted by Gasteiger charge is 2.20. The monoisotopic (exact) mass is 730 g/mol. The summed E-state index contributed by atoms with van der Waals surface area (Å²) < 4.78 is 0. The largest absolute Gasteiger partial charge is 0.394 e. The number of hydrogen-bond donors (Lipinski definition) is 4. The van der Waals surface area contributed by atoms with Crippen LogP contribution in [0, 0.1) is 0 Å². The number of amides is 1. The lowest BCUT2D eigenvalue weighted by atomic mass is 10.0. The van der Waals surface area contributed by atoms with Gasteiger partial charge in [0, 0.05) is 0 Å². The van der Waals surface area contributed by atoms with Crippen LogP contribution in [0.15, 0.2) is 48.6 Å². The van der Waals surface area contributed by atoms with Crippen molar-refractivity contribution in [3.05, 3.63) is 48.6 Å². The molecule has 0 spiro atoms. The first-order chi connectivity index (χ1) is 25.5. The van der Waals surface area contributed by atoms with Gasteiger partial charge in [0.1, 0.15) is 0 Å². The molecule has 3 atom stereocenters. The first kappa shape index (κ1) is 50.3. The predicted octanol–water partition coefficient (Wildman–Crippen LogP) is 12.9. The normalized spacial score (nSPS) is 14.0. The van der Waals surface area contributed by atoms with Crippen LogP contribution in [0.5, 0.6) is 0 Å². The Bertz CT molecular complexity index is 850. The summed E-state index contributed by atoms with van der Waals surface area (Å²) in [4.78, 5) is 12.4. The molecule has 5 heteroatoms. The highest BCUT2D eigenvalue weighted by atomic mass is 16.3. The molecule has 0 aromatic carbocycles. The van der Waals surface area contributed by atoms with Crippen molar-refractivity contribution in [2.45, 2.75) is 238 Å². The Morgan fingerprint density at radius 3 is 1.44 bits per heavy atom. The Morgan fingerprint density at radius 2 is 0.942 bits per heavy atom. The number of hydrogen-bond acceptors (Lipinski definition) is 4. The molecule has 0 saturated heterocycles. The van der Waals surface area contributed by atoms with E-state index in [1.807, 2.05) is 6.08 Å². The molecule has 0 aromatic heterocycles. The third-order valence-corrected chi connectivity index (χ3v) is 10.1. The zero-order valence-electron chi connectivity index (χ0n) is 34.4. The molecule has 0 rings (SSSR count). The van der Waals surface area contributed by atoms with Gasteiger partial charge in [-0.3, -0.25) is 4.79 Å². The van der Waals surface area contributed by atoms with E-state index in [2.05, 4.69) is 55.6 Å². The van der Waals surface area contributed by atoms with E-state index in [-0.39, 0.29) is 18.9 Å². The molecular weight excluding hydrogens is 643 g/mol. The van der Waals surface area contributed by atoms with E-state index < -0.39 is 18.2 Å². The molecule has 0 bridgehead atoms. The van der Waals surface area contributed by atoms with Crippen LogP contribution < -0.4 is 5.32 Å². The van der Waals surface area contributed by atoms with Crippen molar-refractivity contribution in [2.24, 2.45) is 0 Å². The van der Waals surface area contributed by atoms with Crippen LogP contribution in [-0.4, -0.2) is 46.1 Å². The topological polar surface area (TPSA) is 89.8 Å². The molecule has 0 aromatic rings. The second-order valence-electron chi connectivity index (χ2n) is 15.3. The fraction of sp³-hybridized carbons (Fsp3) is 0.809. The van der Waals surface area contributed by atoms with Crippen LogP contribution in [0.25, 0.3) is 0 Å². The number of carbonyl (C=O) groups excluding carboxylic acids is 1. The van der Waals surface area contributed by atoms with Crippen LogP contribution in [0.3, 0.4) is 0 Å². The molecule has 52 heavy (non-hydrogen) atoms. The third kappa shape index (κ3) is 38.0. The van der Waals surface area contributed by atoms with E-state index in [1.165, 1.54) is 148 Å². The predicted molar refractivity (Wildman–Crippen MR) is 227 cm³/mol. The minimum atomic E-state index is -0.952. The number of allylic oxidation sites excluding steroid dienone is 7. The van der Waals surface area contributed by atoms with Crippen molar-refractivity contribution in [1.29, 1.82) is 0 Å². The SMILES string of the molecule is CC/C=C\C/C=C\CCCCCCCCCCCCCCC(O)CC(=O)NC(CO)C(O)/C=C/CC/C=C/CCCCCCCCCCCCCC. The van der Waals surface area contributed by atoms with Crippen LogP contribution in [0.2, 0.25) is 0 Å². The molecule has 0 fully saturated rings. The fourth-order valence-electron chi connectivity index (χ4n) is 6.69. The van der Waals surface area contributed by atoms with E-state index in [9.17, 15) is 20.1 Å². The number of aliphatic hydroxyl groups is 3. The van der Waals surface area contributed by atoms with Crippen LogP contribution in [0.1, 0.15) is 219 Å². The lowest BCUT2D eigenvalue weighted by Crippen LogP contribution is -2.45. The summed E-state index contributed by atoms with van der Waals surface area (Å²) in [6.07, 6.45) is 54.0. The first-order valence-corrected chi connectivity index (χ1v) is 22.4. The van der Waals surface area contributed by atoms with E-state index in [0.717, 1.165) is 44.9 Å². The lowest BCUT2D eigenvalue weighted by Gasteiger charge is -2.21. The molecule has 4 N–H and O–H groups in total. The Kier molecular flexibility index (Phi) is 40.7. The summed E-state index contributed by atoms with van der Waals surface area (Å²) in [6, 6.07) is -0.761. The minimum absolute atomic E-state index is 0.00423. The van der Waals surface area contributed by atoms with Gasteiger partial charge in [-0.05, 0) is 57.8 Å². The van der Waals surface area contributed by atoms with Gasteiger partial charge in [-0.15, -0.1) is 0 Å². The summed E-state index contributed by atoms with van der Waals surface area (Å²) in [6.45, 7) is 4.10. The number of aliphatic hydroxyl groups excluding tert-OH is 3. The Morgan fingerprint density at radius 1 is 0.519 bits per heavy atom. The molecule has 0 aliphatic rings. The van der Waals surface area contributed by atoms with Crippen molar-refractivity contribution in [3.63, 3.8) is 0 Å². The molecule has 0 saturated carbocycles. The van der Waals surface area contributed by atoms with Crippen molar-refractivity contribution in [1.82, 2.24) is 5.32 Å². The zero-order valence-corrected chi connectivity index (χ0v) is 34.4. The van der Waals surface area contributed by atoms with Gasteiger partial charge < -0.3 is 20.6 Å². The molecular formula is C47H87NO4. The van der Waals surface area contributed by atoms with Gasteiger partial charge in [0.25, 0.3) is 0 Å². The molecule has 5 nitrogen and oxygen atoms in total. The third-order valence-electron chi connectivity index (χ3n) is 10.1. The Labute approximate surface area is 323 Å². The number of unbranched alkanes of at least 4 members (excludes halogenated alkanes) is 25. The number of nitrogens with one attached hydrogen (secondary N) is 1. The minimum Gasteiger partial charge on any atom is -0.394 e. The molecule has 0 radical (unpaired) electrons. The van der Waals surface area contributed by atoms with Gasteiger partial charge in [0.05, 0.1) is 31.3 Å². The van der Waals surface area contributed by atoms with Crippen molar-refractivity contribution >= 4 is 5.91 Å². The van der Waals surface area contributed by atoms with Crippen LogP contribution in [-0.2, 0) is 4.79 Å². The lowest BCUT2D eigenvalue weighted by molar-refractivity contribution is -0.124. The molecule has 0 heterocycles. The van der Waals surface area contributed by atoms with Gasteiger partial charge in [0.15, 0.2) is 0 Å². The molecule has 0 aliphatic carbocycles. The zero-order chi connectivity index (χ0) is 38.0. The molecule has 0 aliphatic heterocycles. The number of carbonyl (C=O) groups is 1. The molecule has 1 amide bonds. The van der Waals surface area contributed by atoms with E-state index in [4.69, 9.17) is 0 Å². The summed E-state index contributed by atoms with van der Waals surface area (Å²) in [5.74, 6) is -0.327. The summed E-state index contributed by atoms with van der Waals surface area (Å²) >= 11 is 0. The second-order valence-corrected chi connectivity index (χ2v) is 15.3. The maximum Gasteiger partial charge on any atom is 0.222 e. The molecule has 3 unspecified atom stereocenters. The van der Waals surface area contributed by atoms with Crippen molar-refractivity contribution in [3.8, 4) is 0 Å². The highest BCUT2D eigenvalue weighted by Crippen LogP contribution is 2.15. The van der Waals surface area contributed by atoms with Gasteiger partial charge in [-0.25, -0.2) is 0 Å². The van der Waals surface area contributed by atoms with Gasteiger partial charge in [-0.2, -0.15) is 0 Å². The van der Waals surface area contributed by atoms with E-state index in [0.29, 0.717) is 6.42 Å². The van der Waals surface area contributed by atoms with Gasteiger partial charge in [-0.1, -0.05) is 204 Å². The Balaban J connectivity index is 3.69. The summed E-state index contributed by atoms with van der Waals surface area (Å²) in [7, 11) is 0. The van der Waals surface area contributed by atoms with Crippen molar-refractivity contribution in [2.75, 3.05) is 6.61 Å².